The summed E-state index contributed by atoms with van der Waals surface area (Å²) in [6, 6.07) is 0. The highest BCUT2D eigenvalue weighted by molar-refractivity contribution is 7.13. The average molecular weight is 427 g/mol. The zero-order valence-corrected chi connectivity index (χ0v) is 17.5. The Morgan fingerprint density at radius 2 is 1.76 bits per heavy atom. The zero-order chi connectivity index (χ0) is 20.8. The maximum Gasteiger partial charge on any atom is 0.252 e. The molecule has 3 aliphatic heterocycles. The van der Waals surface area contributed by atoms with Gasteiger partial charge in [-0.3, -0.25) is 9.59 Å². The molecular formula is C18H25N3O7S. The highest BCUT2D eigenvalue weighted by atomic mass is 32.1. The van der Waals surface area contributed by atoms with Crippen LogP contribution in [0.5, 0.6) is 0 Å². The number of fused-ring (bicyclic) bond motifs is 3. The first-order valence-electron chi connectivity index (χ1n) is 9.47. The molecule has 3 aliphatic rings. The van der Waals surface area contributed by atoms with Crippen molar-refractivity contribution in [1.82, 2.24) is 10.3 Å². The Kier molecular flexibility index (Phi) is 5.38. The van der Waals surface area contributed by atoms with E-state index >= 15 is 0 Å². The summed E-state index contributed by atoms with van der Waals surface area (Å²) in [7, 11) is 0. The maximum absolute atomic E-state index is 12.8. The van der Waals surface area contributed by atoms with Gasteiger partial charge in [0.05, 0.1) is 0 Å². The summed E-state index contributed by atoms with van der Waals surface area (Å²) < 4.78 is 29.5. The van der Waals surface area contributed by atoms with E-state index in [1.54, 1.807) is 39.3 Å². The molecule has 11 heteroatoms. The summed E-state index contributed by atoms with van der Waals surface area (Å²) in [5, 5.41) is 7.68. The third kappa shape index (κ3) is 4.44. The number of rotatable bonds is 5. The number of hydrogen-bond acceptors (Lipinski definition) is 9. The molecule has 3 fully saturated rings. The van der Waals surface area contributed by atoms with E-state index in [2.05, 4.69) is 15.6 Å². The summed E-state index contributed by atoms with van der Waals surface area (Å²) in [6.45, 7) is 7.26. The second-order valence-corrected chi connectivity index (χ2v) is 8.91. The molecule has 29 heavy (non-hydrogen) atoms. The lowest BCUT2D eigenvalue weighted by Crippen LogP contribution is -2.59. The van der Waals surface area contributed by atoms with E-state index in [0.29, 0.717) is 5.13 Å². The lowest BCUT2D eigenvalue weighted by Gasteiger charge is -2.36. The predicted octanol–water partition coefficient (Wildman–Crippen LogP) is 0.984. The van der Waals surface area contributed by atoms with Crippen molar-refractivity contribution in [2.24, 2.45) is 0 Å². The summed E-state index contributed by atoms with van der Waals surface area (Å²) >= 11 is 1.33. The number of aromatic nitrogens is 1. The first-order valence-corrected chi connectivity index (χ1v) is 10.4. The fourth-order valence-corrected chi connectivity index (χ4v) is 4.24. The summed E-state index contributed by atoms with van der Waals surface area (Å²) in [6.07, 6.45) is -1.62. The van der Waals surface area contributed by atoms with Crippen molar-refractivity contribution in [2.45, 2.75) is 76.4 Å². The van der Waals surface area contributed by atoms with Gasteiger partial charge in [0.25, 0.3) is 5.91 Å². The molecule has 0 saturated carbocycles. The molecule has 0 bridgehead atoms. The SMILES string of the molecule is CC1(C)O[C@@H]2O[C@@H](C(=O)NCCC(=O)Nc3nccs3)[C@H]3OC(C)(C)O[C@H]3[C@H]2O1. The summed E-state index contributed by atoms with van der Waals surface area (Å²) in [5.74, 6) is -2.36. The molecule has 1 aromatic heterocycles. The van der Waals surface area contributed by atoms with Gasteiger partial charge in [-0.15, -0.1) is 11.3 Å². The molecule has 0 radical (unpaired) electrons. The molecule has 0 unspecified atom stereocenters. The van der Waals surface area contributed by atoms with Crippen LogP contribution in [0.2, 0.25) is 0 Å². The van der Waals surface area contributed by atoms with Crippen molar-refractivity contribution >= 4 is 28.3 Å². The molecule has 4 heterocycles. The summed E-state index contributed by atoms with van der Waals surface area (Å²) in [5.41, 5.74) is 0. The van der Waals surface area contributed by atoms with Crippen LogP contribution in [-0.2, 0) is 33.3 Å². The molecule has 0 spiro atoms. The fraction of sp³-hybridized carbons (Fsp3) is 0.722. The normalized spacial score (nSPS) is 34.3. The number of nitrogens with one attached hydrogen (secondary N) is 2. The van der Waals surface area contributed by atoms with E-state index in [-0.39, 0.29) is 18.9 Å². The van der Waals surface area contributed by atoms with Crippen LogP contribution in [0.15, 0.2) is 11.6 Å². The number of hydrogen-bond donors (Lipinski definition) is 2. The third-order valence-electron chi connectivity index (χ3n) is 4.74. The predicted molar refractivity (Wildman–Crippen MR) is 101 cm³/mol. The highest BCUT2D eigenvalue weighted by Crippen LogP contribution is 2.44. The average Bonchev–Trinajstić information content (AvgIpc) is 3.29. The Labute approximate surface area is 172 Å². The number of nitrogens with zero attached hydrogens (tertiary/aromatic N) is 1. The highest BCUT2D eigenvalue weighted by Gasteiger charge is 2.62. The van der Waals surface area contributed by atoms with Gasteiger partial charge in [0.1, 0.15) is 18.3 Å². The van der Waals surface area contributed by atoms with Gasteiger partial charge in [0, 0.05) is 24.5 Å². The van der Waals surface area contributed by atoms with Crippen molar-refractivity contribution in [3.63, 3.8) is 0 Å². The number of amides is 2. The standard InChI is InChI=1S/C18H25N3O7S/c1-17(2)25-10-11(26-17)13-15(28-18(3,4)27-13)24-12(10)14(23)19-6-5-9(22)21-16-20-7-8-29-16/h7-8,10-13,15H,5-6H2,1-4H3,(H,19,23)(H,20,21,22)/t10-,11+,12+,13+,15-/m0/s1. The zero-order valence-electron chi connectivity index (χ0n) is 16.7. The van der Waals surface area contributed by atoms with Gasteiger partial charge in [0.15, 0.2) is 29.1 Å². The molecule has 3 saturated heterocycles. The second-order valence-electron chi connectivity index (χ2n) is 8.02. The monoisotopic (exact) mass is 427 g/mol. The number of anilines is 1. The van der Waals surface area contributed by atoms with Crippen molar-refractivity contribution in [2.75, 3.05) is 11.9 Å². The van der Waals surface area contributed by atoms with Crippen LogP contribution >= 0.6 is 11.3 Å². The molecule has 4 rings (SSSR count). The largest absolute Gasteiger partial charge is 0.353 e. The van der Waals surface area contributed by atoms with Crippen LogP contribution in [0.1, 0.15) is 34.1 Å². The van der Waals surface area contributed by atoms with E-state index in [1.165, 1.54) is 11.3 Å². The Hall–Kier alpha value is -1.63. The molecule has 160 valence electrons. The molecule has 0 aromatic carbocycles. The number of carbonyl (C=O) groups is 2. The van der Waals surface area contributed by atoms with Crippen molar-refractivity contribution < 1.29 is 33.3 Å². The van der Waals surface area contributed by atoms with Crippen LogP contribution in [0.25, 0.3) is 0 Å². The molecular weight excluding hydrogens is 402 g/mol. The van der Waals surface area contributed by atoms with Crippen LogP contribution in [-0.4, -0.2) is 65.6 Å². The van der Waals surface area contributed by atoms with Gasteiger partial charge in [-0.25, -0.2) is 4.98 Å². The lowest BCUT2D eigenvalue weighted by atomic mass is 9.98. The molecule has 10 nitrogen and oxygen atoms in total. The minimum Gasteiger partial charge on any atom is -0.353 e. The Balaban J connectivity index is 1.36. The van der Waals surface area contributed by atoms with E-state index < -0.39 is 48.2 Å². The van der Waals surface area contributed by atoms with E-state index in [9.17, 15) is 9.59 Å². The minimum absolute atomic E-state index is 0.105. The topological polar surface area (TPSA) is 117 Å². The first-order chi connectivity index (χ1) is 13.6. The molecule has 2 amide bonds. The van der Waals surface area contributed by atoms with Gasteiger partial charge < -0.3 is 34.3 Å². The Morgan fingerprint density at radius 3 is 2.48 bits per heavy atom. The smallest absolute Gasteiger partial charge is 0.252 e. The third-order valence-corrected chi connectivity index (χ3v) is 5.43. The quantitative estimate of drug-likeness (QED) is 0.714. The van der Waals surface area contributed by atoms with Gasteiger partial charge in [-0.1, -0.05) is 0 Å². The Bertz CT molecular complexity index is 770. The summed E-state index contributed by atoms with van der Waals surface area (Å²) in [4.78, 5) is 28.7. The minimum atomic E-state index is -0.942. The maximum atomic E-state index is 12.8. The van der Waals surface area contributed by atoms with Crippen LogP contribution in [0.3, 0.4) is 0 Å². The first kappa shape index (κ1) is 20.6. The Morgan fingerprint density at radius 1 is 1.07 bits per heavy atom. The van der Waals surface area contributed by atoms with E-state index in [0.717, 1.165) is 0 Å². The van der Waals surface area contributed by atoms with Crippen molar-refractivity contribution in [3.05, 3.63) is 11.6 Å². The van der Waals surface area contributed by atoms with Crippen molar-refractivity contribution in [3.8, 4) is 0 Å². The van der Waals surface area contributed by atoms with Gasteiger partial charge in [-0.05, 0) is 27.7 Å². The van der Waals surface area contributed by atoms with Crippen molar-refractivity contribution in [1.29, 1.82) is 0 Å². The van der Waals surface area contributed by atoms with Gasteiger partial charge in [-0.2, -0.15) is 0 Å². The van der Waals surface area contributed by atoms with Gasteiger partial charge >= 0.3 is 0 Å². The van der Waals surface area contributed by atoms with Gasteiger partial charge in [0.2, 0.25) is 5.91 Å². The second kappa shape index (κ2) is 7.56. The van der Waals surface area contributed by atoms with E-state index in [4.69, 9.17) is 23.7 Å². The molecule has 2 N–H and O–H groups in total. The molecule has 0 aliphatic carbocycles. The van der Waals surface area contributed by atoms with Crippen LogP contribution < -0.4 is 10.6 Å². The number of thiazole rings is 1. The van der Waals surface area contributed by atoms with E-state index in [1.807, 2.05) is 0 Å². The van der Waals surface area contributed by atoms with Crippen LogP contribution in [0, 0.1) is 0 Å². The lowest BCUT2D eigenvalue weighted by molar-refractivity contribution is -0.231. The molecule has 1 aromatic rings. The fourth-order valence-electron chi connectivity index (χ4n) is 3.69. The molecule has 5 atom stereocenters. The number of ether oxygens (including phenoxy) is 5. The number of carbonyl (C=O) groups excluding carboxylic acids is 2. The van der Waals surface area contributed by atoms with Crippen LogP contribution in [0.4, 0.5) is 5.13 Å².